The highest BCUT2D eigenvalue weighted by molar-refractivity contribution is 5.80. The van der Waals surface area contributed by atoms with E-state index in [1.807, 2.05) is 60.7 Å². The van der Waals surface area contributed by atoms with Crippen LogP contribution in [0.15, 0.2) is 97.1 Å². The minimum absolute atomic E-state index is 0.00475. The second-order valence-electron chi connectivity index (χ2n) is 19.0. The lowest BCUT2D eigenvalue weighted by molar-refractivity contribution is -0.145. The van der Waals surface area contributed by atoms with E-state index >= 15 is 0 Å². The van der Waals surface area contributed by atoms with Crippen LogP contribution in [0, 0.1) is 0 Å². The van der Waals surface area contributed by atoms with E-state index in [4.69, 9.17) is 9.47 Å². The third kappa shape index (κ3) is 14.4. The van der Waals surface area contributed by atoms with Gasteiger partial charge in [-0.3, -0.25) is 9.59 Å². The maximum Gasteiger partial charge on any atom is 0.416 e. The molecular weight excluding hydrogens is 977 g/mol. The molecule has 4 aromatic rings. The number of aliphatic hydroxyl groups excluding tert-OH is 1. The molecule has 0 spiro atoms. The summed E-state index contributed by atoms with van der Waals surface area (Å²) in [5.74, 6) is -0.615. The molecule has 2 saturated carbocycles. The fourth-order valence-corrected chi connectivity index (χ4v) is 9.51. The first-order chi connectivity index (χ1) is 33.4. The van der Waals surface area contributed by atoms with Gasteiger partial charge < -0.3 is 30.0 Å². The van der Waals surface area contributed by atoms with Crippen LogP contribution in [0.5, 0.6) is 0 Å². The first kappa shape index (κ1) is 57.4. The molecule has 20 heteroatoms. The van der Waals surface area contributed by atoms with Gasteiger partial charge >= 0.3 is 24.7 Å². The molecule has 0 saturated heterocycles. The molecule has 0 bridgehead atoms. The Balaban J connectivity index is 0.000000267. The molecule has 8 nitrogen and oxygen atoms in total. The molecule has 4 aromatic carbocycles. The standard InChI is InChI=1S/C26H29F6NO3.C26H27F6NO3/c2*1-17(19-12-21(25(27,28)29)14-22(13-19)26(30,31)32)36-16-23(20-6-4-3-5-7-20)8-10-24(15-34,11-9-23)33-18(2)35/h3-7,12-14,17,34H,8-11,15-16H2,1-2H3,(H,33,35);3-7,12-15,17H,8-11,16H2,1-2H3,(H,33,35)/t2*17-,23?,24?/m11/s1. The fraction of sp³-hybridized carbons (Fsp3) is 0.481. The predicted octanol–water partition coefficient (Wildman–Crippen LogP) is 12.6. The summed E-state index contributed by atoms with van der Waals surface area (Å²) < 4.78 is 171. The van der Waals surface area contributed by atoms with Crippen LogP contribution in [-0.4, -0.2) is 54.1 Å². The number of alkyl halides is 12. The summed E-state index contributed by atoms with van der Waals surface area (Å²) in [6, 6.07) is 21.4. The highest BCUT2D eigenvalue weighted by Crippen LogP contribution is 2.47. The molecule has 0 unspecified atom stereocenters. The van der Waals surface area contributed by atoms with E-state index < -0.39 is 81.1 Å². The number of aldehydes is 1. The van der Waals surface area contributed by atoms with E-state index in [0.717, 1.165) is 11.1 Å². The molecule has 72 heavy (non-hydrogen) atoms. The topological polar surface area (TPSA) is 114 Å². The van der Waals surface area contributed by atoms with Gasteiger partial charge in [0.05, 0.1) is 65.4 Å². The Morgan fingerprint density at radius 3 is 1.14 bits per heavy atom. The lowest BCUT2D eigenvalue weighted by Gasteiger charge is -2.46. The molecule has 2 aliphatic carbocycles. The summed E-state index contributed by atoms with van der Waals surface area (Å²) in [4.78, 5) is 35.1. The first-order valence-electron chi connectivity index (χ1n) is 23.0. The summed E-state index contributed by atoms with van der Waals surface area (Å²) in [5.41, 5.74) is -7.31. The maximum atomic E-state index is 13.3. The Kier molecular flexibility index (Phi) is 17.8. The van der Waals surface area contributed by atoms with Gasteiger partial charge in [0.2, 0.25) is 11.8 Å². The van der Waals surface area contributed by atoms with E-state index in [-0.39, 0.29) is 54.9 Å². The highest BCUT2D eigenvalue weighted by Gasteiger charge is 2.47. The van der Waals surface area contributed by atoms with E-state index in [0.29, 0.717) is 81.9 Å². The van der Waals surface area contributed by atoms with Crippen LogP contribution >= 0.6 is 0 Å². The van der Waals surface area contributed by atoms with Gasteiger partial charge in [-0.2, -0.15) is 52.7 Å². The number of aliphatic hydroxyl groups is 1. The average Bonchev–Trinajstić information content (AvgIpc) is 3.32. The Morgan fingerprint density at radius 1 is 0.542 bits per heavy atom. The van der Waals surface area contributed by atoms with Gasteiger partial charge in [-0.05, 0) is 124 Å². The van der Waals surface area contributed by atoms with Crippen molar-refractivity contribution in [3.05, 3.63) is 142 Å². The first-order valence-corrected chi connectivity index (χ1v) is 23.0. The Bertz CT molecular complexity index is 2390. The lowest BCUT2D eigenvalue weighted by Crippen LogP contribution is -2.55. The minimum atomic E-state index is -4.95. The van der Waals surface area contributed by atoms with E-state index in [2.05, 4.69) is 10.6 Å². The largest absolute Gasteiger partial charge is 0.416 e. The zero-order chi connectivity index (χ0) is 53.6. The summed E-state index contributed by atoms with van der Waals surface area (Å²) >= 11 is 0. The number of amides is 2. The second kappa shape index (κ2) is 22.3. The Morgan fingerprint density at radius 2 is 0.861 bits per heavy atom. The van der Waals surface area contributed by atoms with Gasteiger partial charge in [0.1, 0.15) is 6.29 Å². The summed E-state index contributed by atoms with van der Waals surface area (Å²) in [6.07, 6.45) is -17.9. The lowest BCUT2D eigenvalue weighted by atomic mass is 9.64. The van der Waals surface area contributed by atoms with Crippen molar-refractivity contribution in [3.8, 4) is 0 Å². The maximum absolute atomic E-state index is 13.3. The fourth-order valence-electron chi connectivity index (χ4n) is 9.51. The molecule has 394 valence electrons. The number of benzene rings is 4. The summed E-state index contributed by atoms with van der Waals surface area (Å²) in [7, 11) is 0. The van der Waals surface area contributed by atoms with Crippen LogP contribution in [0.1, 0.15) is 136 Å². The van der Waals surface area contributed by atoms with E-state index in [9.17, 15) is 72.2 Å². The average molecular weight is 1030 g/mol. The van der Waals surface area contributed by atoms with E-state index in [1.54, 1.807) is 0 Å². The zero-order valence-corrected chi connectivity index (χ0v) is 39.8. The van der Waals surface area contributed by atoms with Gasteiger partial charge in [0.25, 0.3) is 0 Å². The van der Waals surface area contributed by atoms with Crippen molar-refractivity contribution in [2.24, 2.45) is 0 Å². The molecule has 3 N–H and O–H groups in total. The van der Waals surface area contributed by atoms with Gasteiger partial charge in [-0.1, -0.05) is 60.7 Å². The number of carbonyl (C=O) groups is 3. The van der Waals surface area contributed by atoms with E-state index in [1.165, 1.54) is 27.7 Å². The molecule has 2 fully saturated rings. The number of rotatable bonds is 14. The second-order valence-corrected chi connectivity index (χ2v) is 19.0. The van der Waals surface area contributed by atoms with Crippen LogP contribution in [0.3, 0.4) is 0 Å². The van der Waals surface area contributed by atoms with Crippen molar-refractivity contribution in [2.45, 2.75) is 138 Å². The third-order valence-corrected chi connectivity index (χ3v) is 13.8. The van der Waals surface area contributed by atoms with Crippen molar-refractivity contribution >= 4 is 18.1 Å². The highest BCUT2D eigenvalue weighted by atomic mass is 19.4. The molecule has 2 aliphatic rings. The van der Waals surface area contributed by atoms with Crippen LogP contribution in [0.2, 0.25) is 0 Å². The number of ether oxygens (including phenoxy) is 2. The molecule has 2 atom stereocenters. The molecule has 0 heterocycles. The van der Waals surface area contributed by atoms with Gasteiger partial charge in [0.15, 0.2) is 0 Å². The number of hydrogen-bond acceptors (Lipinski definition) is 6. The summed E-state index contributed by atoms with van der Waals surface area (Å²) in [6.45, 7) is 5.31. The van der Waals surface area contributed by atoms with Gasteiger partial charge in [-0.15, -0.1) is 0 Å². The van der Waals surface area contributed by atoms with Crippen LogP contribution in [0.25, 0.3) is 0 Å². The quantitative estimate of drug-likeness (QED) is 0.0856. The minimum Gasteiger partial charge on any atom is -0.394 e. The SMILES string of the molecule is CC(=O)NC1(C=O)CCC(CO[C@H](C)c2cc(C(F)(F)F)cc(C(F)(F)F)c2)(c2ccccc2)CC1.CC(=O)NC1(CO)CCC(CO[C@H](C)c2cc(C(F)(F)F)cc(C(F)(F)F)c2)(c2ccccc2)CC1. The molecule has 2 amide bonds. The van der Waals surface area contributed by atoms with Crippen LogP contribution in [0.4, 0.5) is 52.7 Å². The third-order valence-electron chi connectivity index (χ3n) is 13.8. The number of nitrogens with one attached hydrogen (secondary N) is 2. The number of carbonyl (C=O) groups excluding carboxylic acids is 3. The number of hydrogen-bond donors (Lipinski definition) is 3. The number of halogens is 12. The smallest absolute Gasteiger partial charge is 0.394 e. The van der Waals surface area contributed by atoms with Crippen molar-refractivity contribution in [1.29, 1.82) is 0 Å². The molecule has 0 radical (unpaired) electrons. The molecule has 0 aliphatic heterocycles. The van der Waals surface area contributed by atoms with Crippen molar-refractivity contribution in [3.63, 3.8) is 0 Å². The van der Waals surface area contributed by atoms with Gasteiger partial charge in [-0.25, -0.2) is 0 Å². The van der Waals surface area contributed by atoms with Crippen LogP contribution < -0.4 is 10.6 Å². The van der Waals surface area contributed by atoms with Crippen molar-refractivity contribution < 1.29 is 81.6 Å². The van der Waals surface area contributed by atoms with Crippen molar-refractivity contribution in [1.82, 2.24) is 10.6 Å². The van der Waals surface area contributed by atoms with Crippen molar-refractivity contribution in [2.75, 3.05) is 19.8 Å². The molecular formula is C52H56F12N2O6. The monoisotopic (exact) mass is 1030 g/mol. The Labute approximate surface area is 408 Å². The zero-order valence-electron chi connectivity index (χ0n) is 39.8. The Hall–Kier alpha value is -5.47. The molecule has 6 rings (SSSR count). The summed E-state index contributed by atoms with van der Waals surface area (Å²) in [5, 5.41) is 15.5. The predicted molar refractivity (Wildman–Crippen MR) is 241 cm³/mol. The normalized spacial score (nSPS) is 23.7. The molecule has 0 aromatic heterocycles. The van der Waals surface area contributed by atoms with Gasteiger partial charge in [0, 0.05) is 24.7 Å². The van der Waals surface area contributed by atoms with Crippen LogP contribution in [-0.2, 0) is 59.4 Å².